The summed E-state index contributed by atoms with van der Waals surface area (Å²) in [5.74, 6) is 0. The first-order valence-corrected chi connectivity index (χ1v) is 4.24. The van der Waals surface area contributed by atoms with Crippen LogP contribution in [0.15, 0.2) is 12.3 Å². The van der Waals surface area contributed by atoms with E-state index in [1.54, 1.807) is 0 Å². The molecule has 1 aromatic rings. The maximum atomic E-state index is 12.3. The smallest absolute Gasteiger partial charge is 0.330 e. The molecule has 0 radical (unpaired) electrons. The Balaban J connectivity index is 3.09. The summed E-state index contributed by atoms with van der Waals surface area (Å²) in [5.41, 5.74) is 4.74. The first-order valence-electron chi connectivity index (χ1n) is 3.87. The Hall–Kier alpha value is -0.810. The maximum Gasteiger partial charge on any atom is 0.419 e. The summed E-state index contributed by atoms with van der Waals surface area (Å²) in [6.45, 7) is 0.278. The van der Waals surface area contributed by atoms with Crippen LogP contribution in [-0.2, 0) is 12.6 Å². The summed E-state index contributed by atoms with van der Waals surface area (Å²) < 4.78 is 36.9. The lowest BCUT2D eigenvalue weighted by molar-refractivity contribution is -0.137. The topological polar surface area (TPSA) is 38.9 Å². The Morgan fingerprint density at radius 1 is 1.43 bits per heavy atom. The molecule has 0 amide bonds. The number of nitrogens with two attached hydrogens (primary N) is 1. The Bertz CT molecular complexity index is 325. The van der Waals surface area contributed by atoms with Crippen molar-refractivity contribution in [3.63, 3.8) is 0 Å². The van der Waals surface area contributed by atoms with Crippen LogP contribution in [0.25, 0.3) is 0 Å². The molecular formula is C8H8ClF3N2. The molecule has 0 saturated carbocycles. The van der Waals surface area contributed by atoms with Crippen LogP contribution in [0.4, 0.5) is 13.2 Å². The number of nitrogens with zero attached hydrogens (tertiary/aromatic N) is 1. The third-order valence-electron chi connectivity index (χ3n) is 1.63. The molecule has 0 saturated heterocycles. The van der Waals surface area contributed by atoms with E-state index in [1.807, 2.05) is 0 Å². The lowest BCUT2D eigenvalue weighted by Gasteiger charge is -2.09. The van der Waals surface area contributed by atoms with Gasteiger partial charge in [0.15, 0.2) is 0 Å². The second-order valence-corrected chi connectivity index (χ2v) is 3.08. The van der Waals surface area contributed by atoms with E-state index in [9.17, 15) is 13.2 Å². The van der Waals surface area contributed by atoms with Gasteiger partial charge in [-0.25, -0.2) is 4.98 Å². The van der Waals surface area contributed by atoms with Crippen LogP contribution >= 0.6 is 11.6 Å². The van der Waals surface area contributed by atoms with Crippen LogP contribution in [0.2, 0.25) is 5.15 Å². The fourth-order valence-electron chi connectivity index (χ4n) is 0.994. The predicted molar refractivity (Wildman–Crippen MR) is 47.0 cm³/mol. The summed E-state index contributed by atoms with van der Waals surface area (Å²) in [6.07, 6.45) is -2.81. The van der Waals surface area contributed by atoms with Crippen LogP contribution in [0.5, 0.6) is 0 Å². The zero-order valence-electron chi connectivity index (χ0n) is 7.11. The van der Waals surface area contributed by atoms with Gasteiger partial charge in [0, 0.05) is 6.20 Å². The van der Waals surface area contributed by atoms with E-state index < -0.39 is 16.9 Å². The van der Waals surface area contributed by atoms with Crippen molar-refractivity contribution in [2.24, 2.45) is 5.73 Å². The Morgan fingerprint density at radius 3 is 2.57 bits per heavy atom. The van der Waals surface area contributed by atoms with Crippen molar-refractivity contribution in [1.82, 2.24) is 4.98 Å². The molecule has 1 aromatic heterocycles. The highest BCUT2D eigenvalue weighted by Gasteiger charge is 2.34. The molecule has 0 atom stereocenters. The molecule has 2 N–H and O–H groups in total. The van der Waals surface area contributed by atoms with Crippen LogP contribution in [0.3, 0.4) is 0 Å². The standard InChI is InChI=1S/C8H8ClF3N2/c9-7-6(8(10,11)12)3-5(1-2-13)4-14-7/h3-4H,1-2,13H2. The van der Waals surface area contributed by atoms with Gasteiger partial charge in [0.25, 0.3) is 0 Å². The lowest BCUT2D eigenvalue weighted by Crippen LogP contribution is -2.09. The van der Waals surface area contributed by atoms with E-state index in [-0.39, 0.29) is 6.54 Å². The third kappa shape index (κ3) is 2.59. The summed E-state index contributed by atoms with van der Waals surface area (Å²) in [4.78, 5) is 3.45. The van der Waals surface area contributed by atoms with Crippen LogP contribution in [0, 0.1) is 0 Å². The zero-order chi connectivity index (χ0) is 10.8. The number of aromatic nitrogens is 1. The van der Waals surface area contributed by atoms with Crippen molar-refractivity contribution >= 4 is 11.6 Å². The normalized spacial score (nSPS) is 11.8. The van der Waals surface area contributed by atoms with Crippen LogP contribution in [-0.4, -0.2) is 11.5 Å². The Kier molecular flexibility index (Phi) is 3.34. The molecule has 14 heavy (non-hydrogen) atoms. The van der Waals surface area contributed by atoms with Gasteiger partial charge in [-0.15, -0.1) is 0 Å². The predicted octanol–water partition coefficient (Wildman–Crippen LogP) is 2.25. The average Bonchev–Trinajstić information content (AvgIpc) is 2.07. The minimum atomic E-state index is -4.46. The summed E-state index contributed by atoms with van der Waals surface area (Å²) in [7, 11) is 0. The highest BCUT2D eigenvalue weighted by molar-refractivity contribution is 6.30. The minimum absolute atomic E-state index is 0.278. The molecule has 0 aliphatic heterocycles. The molecule has 0 spiro atoms. The first-order chi connectivity index (χ1) is 6.45. The zero-order valence-corrected chi connectivity index (χ0v) is 7.86. The van der Waals surface area contributed by atoms with Crippen LogP contribution in [0.1, 0.15) is 11.1 Å². The number of alkyl halides is 3. The molecule has 2 nitrogen and oxygen atoms in total. The highest BCUT2D eigenvalue weighted by Crippen LogP contribution is 2.33. The van der Waals surface area contributed by atoms with Gasteiger partial charge >= 0.3 is 6.18 Å². The van der Waals surface area contributed by atoms with Gasteiger partial charge in [0.05, 0.1) is 5.56 Å². The van der Waals surface area contributed by atoms with Crippen molar-refractivity contribution in [2.75, 3.05) is 6.54 Å². The van der Waals surface area contributed by atoms with Crippen molar-refractivity contribution in [3.05, 3.63) is 28.5 Å². The van der Waals surface area contributed by atoms with E-state index in [4.69, 9.17) is 17.3 Å². The van der Waals surface area contributed by atoms with E-state index >= 15 is 0 Å². The number of rotatable bonds is 2. The quantitative estimate of drug-likeness (QED) is 0.783. The minimum Gasteiger partial charge on any atom is -0.330 e. The van der Waals surface area contributed by atoms with E-state index in [2.05, 4.69) is 4.98 Å². The molecule has 0 aliphatic rings. The fraction of sp³-hybridized carbons (Fsp3) is 0.375. The lowest BCUT2D eigenvalue weighted by atomic mass is 10.1. The summed E-state index contributed by atoms with van der Waals surface area (Å²) in [6, 6.07) is 0.974. The second-order valence-electron chi connectivity index (χ2n) is 2.72. The van der Waals surface area contributed by atoms with Gasteiger partial charge in [0.2, 0.25) is 0 Å². The Morgan fingerprint density at radius 2 is 2.07 bits per heavy atom. The van der Waals surface area contributed by atoms with E-state index in [1.165, 1.54) is 6.20 Å². The molecule has 0 aliphatic carbocycles. The molecule has 78 valence electrons. The van der Waals surface area contributed by atoms with Gasteiger partial charge in [0.1, 0.15) is 5.15 Å². The van der Waals surface area contributed by atoms with Crippen molar-refractivity contribution in [3.8, 4) is 0 Å². The molecule has 0 unspecified atom stereocenters. The van der Waals surface area contributed by atoms with Gasteiger partial charge in [-0.1, -0.05) is 11.6 Å². The molecule has 6 heteroatoms. The summed E-state index contributed by atoms with van der Waals surface area (Å²) in [5, 5.41) is -0.529. The van der Waals surface area contributed by atoms with E-state index in [0.717, 1.165) is 6.07 Å². The largest absolute Gasteiger partial charge is 0.419 e. The number of pyridine rings is 1. The molecule has 1 heterocycles. The van der Waals surface area contributed by atoms with Gasteiger partial charge in [-0.2, -0.15) is 13.2 Å². The van der Waals surface area contributed by atoms with Crippen molar-refractivity contribution in [1.29, 1.82) is 0 Å². The molecular weight excluding hydrogens is 217 g/mol. The monoisotopic (exact) mass is 224 g/mol. The molecule has 1 rings (SSSR count). The number of halogens is 4. The van der Waals surface area contributed by atoms with Gasteiger partial charge in [-0.3, -0.25) is 0 Å². The van der Waals surface area contributed by atoms with Crippen molar-refractivity contribution < 1.29 is 13.2 Å². The molecule has 0 aromatic carbocycles. The third-order valence-corrected chi connectivity index (χ3v) is 1.94. The average molecular weight is 225 g/mol. The first kappa shape index (κ1) is 11.3. The van der Waals surface area contributed by atoms with Crippen LogP contribution < -0.4 is 5.73 Å². The van der Waals surface area contributed by atoms with Gasteiger partial charge < -0.3 is 5.73 Å². The maximum absolute atomic E-state index is 12.3. The SMILES string of the molecule is NCCc1cnc(Cl)c(C(F)(F)F)c1. The Labute approximate surface area is 83.9 Å². The fourth-order valence-corrected chi connectivity index (χ4v) is 1.20. The number of hydrogen-bond acceptors (Lipinski definition) is 2. The molecule has 0 fully saturated rings. The van der Waals surface area contributed by atoms with Crippen molar-refractivity contribution in [2.45, 2.75) is 12.6 Å². The van der Waals surface area contributed by atoms with Gasteiger partial charge in [-0.05, 0) is 24.6 Å². The highest BCUT2D eigenvalue weighted by atomic mass is 35.5. The molecule has 0 bridgehead atoms. The van der Waals surface area contributed by atoms with E-state index in [0.29, 0.717) is 12.0 Å². The summed E-state index contributed by atoms with van der Waals surface area (Å²) >= 11 is 5.32. The second kappa shape index (κ2) is 4.14. The number of hydrogen-bond donors (Lipinski definition) is 1.